The molecule has 1 heterocycles. The number of nitrogens with one attached hydrogen (secondary N) is 1. The van der Waals surface area contributed by atoms with Crippen LogP contribution in [0.3, 0.4) is 0 Å². The third-order valence-electron chi connectivity index (χ3n) is 3.60. The maximum atomic E-state index is 5.38. The van der Waals surface area contributed by atoms with Crippen LogP contribution in [0.1, 0.15) is 11.1 Å². The molecule has 112 valence electrons. The number of aryl methyl sites for hydroxylation is 2. The molecular formula is C17H16BrN3O. The number of anilines is 2. The second-order valence-electron chi connectivity index (χ2n) is 5.13. The van der Waals surface area contributed by atoms with Crippen molar-refractivity contribution in [2.45, 2.75) is 13.8 Å². The quantitative estimate of drug-likeness (QED) is 0.733. The molecule has 0 aliphatic heterocycles. The van der Waals surface area contributed by atoms with E-state index in [1.807, 2.05) is 25.1 Å². The number of aromatic nitrogens is 2. The minimum atomic E-state index is 0.769. The lowest BCUT2D eigenvalue weighted by Gasteiger charge is -2.13. The summed E-state index contributed by atoms with van der Waals surface area (Å²) in [6.07, 6.45) is 1.56. The van der Waals surface area contributed by atoms with Crippen LogP contribution < -0.4 is 10.1 Å². The van der Waals surface area contributed by atoms with Crippen LogP contribution >= 0.6 is 15.9 Å². The minimum absolute atomic E-state index is 0.769. The monoisotopic (exact) mass is 357 g/mol. The van der Waals surface area contributed by atoms with Gasteiger partial charge in [-0.2, -0.15) is 0 Å². The van der Waals surface area contributed by atoms with Crippen molar-refractivity contribution in [1.29, 1.82) is 0 Å². The fourth-order valence-corrected chi connectivity index (χ4v) is 2.85. The number of rotatable bonds is 3. The van der Waals surface area contributed by atoms with E-state index in [4.69, 9.17) is 4.74 Å². The molecule has 0 aliphatic carbocycles. The summed E-state index contributed by atoms with van der Waals surface area (Å²) in [6.45, 7) is 4.09. The first kappa shape index (κ1) is 14.8. The summed E-state index contributed by atoms with van der Waals surface area (Å²) in [6, 6.07) is 10.1. The van der Waals surface area contributed by atoms with Crippen molar-refractivity contribution in [2.75, 3.05) is 12.4 Å². The largest absolute Gasteiger partial charge is 0.495 e. The second-order valence-corrected chi connectivity index (χ2v) is 5.92. The molecular weight excluding hydrogens is 342 g/mol. The van der Waals surface area contributed by atoms with E-state index in [0.29, 0.717) is 0 Å². The van der Waals surface area contributed by atoms with E-state index < -0.39 is 0 Å². The molecule has 0 radical (unpaired) electrons. The van der Waals surface area contributed by atoms with E-state index >= 15 is 0 Å². The van der Waals surface area contributed by atoms with Crippen molar-refractivity contribution in [1.82, 2.24) is 9.97 Å². The van der Waals surface area contributed by atoms with Gasteiger partial charge in [-0.15, -0.1) is 0 Å². The Balaban J connectivity index is 2.14. The highest BCUT2D eigenvalue weighted by atomic mass is 79.9. The molecule has 0 aliphatic rings. The van der Waals surface area contributed by atoms with Crippen LogP contribution in [0.25, 0.3) is 10.9 Å². The van der Waals surface area contributed by atoms with Crippen molar-refractivity contribution in [3.8, 4) is 5.75 Å². The molecule has 2 aromatic carbocycles. The lowest BCUT2D eigenvalue weighted by molar-refractivity contribution is 0.412. The molecule has 22 heavy (non-hydrogen) atoms. The van der Waals surface area contributed by atoms with Crippen LogP contribution in [0.15, 0.2) is 41.1 Å². The summed E-state index contributed by atoms with van der Waals surface area (Å²) >= 11 is 3.58. The summed E-state index contributed by atoms with van der Waals surface area (Å²) in [5.41, 5.74) is 4.12. The van der Waals surface area contributed by atoms with E-state index in [-0.39, 0.29) is 0 Å². The number of hydrogen-bond donors (Lipinski definition) is 1. The predicted molar refractivity (Wildman–Crippen MR) is 93.0 cm³/mol. The van der Waals surface area contributed by atoms with Gasteiger partial charge in [-0.1, -0.05) is 17.7 Å². The van der Waals surface area contributed by atoms with E-state index in [1.165, 1.54) is 5.56 Å². The van der Waals surface area contributed by atoms with Gasteiger partial charge in [0.05, 0.1) is 17.1 Å². The Kier molecular flexibility index (Phi) is 3.98. The Morgan fingerprint density at radius 2 is 1.82 bits per heavy atom. The molecule has 0 saturated heterocycles. The average molecular weight is 358 g/mol. The first-order valence-electron chi connectivity index (χ1n) is 6.91. The zero-order valence-electron chi connectivity index (χ0n) is 12.6. The predicted octanol–water partition coefficient (Wildman–Crippen LogP) is 4.76. The van der Waals surface area contributed by atoms with Gasteiger partial charge in [0.2, 0.25) is 0 Å². The highest BCUT2D eigenvalue weighted by molar-refractivity contribution is 9.10. The number of nitrogens with zero attached hydrogens (tertiary/aromatic N) is 2. The van der Waals surface area contributed by atoms with Crippen molar-refractivity contribution in [3.63, 3.8) is 0 Å². The molecule has 0 unspecified atom stereocenters. The minimum Gasteiger partial charge on any atom is -0.495 e. The molecule has 0 bridgehead atoms. The molecule has 4 nitrogen and oxygen atoms in total. The van der Waals surface area contributed by atoms with Gasteiger partial charge in [-0.3, -0.25) is 0 Å². The van der Waals surface area contributed by atoms with E-state index in [0.717, 1.165) is 38.2 Å². The van der Waals surface area contributed by atoms with Crippen LogP contribution in [0.5, 0.6) is 5.75 Å². The van der Waals surface area contributed by atoms with Crippen molar-refractivity contribution < 1.29 is 4.74 Å². The molecule has 1 N–H and O–H groups in total. The third kappa shape index (κ3) is 2.64. The molecule has 1 aromatic heterocycles. The number of ether oxygens (including phenoxy) is 1. The van der Waals surface area contributed by atoms with Gasteiger partial charge in [0.1, 0.15) is 17.9 Å². The second kappa shape index (κ2) is 5.93. The molecule has 0 fully saturated rings. The van der Waals surface area contributed by atoms with Crippen LogP contribution in [-0.2, 0) is 0 Å². The third-order valence-corrected chi connectivity index (χ3v) is 4.58. The Hall–Kier alpha value is -2.14. The lowest BCUT2D eigenvalue weighted by Crippen LogP contribution is -1.99. The number of methoxy groups -OCH3 is 1. The maximum Gasteiger partial charge on any atom is 0.141 e. The molecule has 0 saturated carbocycles. The Morgan fingerprint density at radius 3 is 2.50 bits per heavy atom. The van der Waals surface area contributed by atoms with Crippen molar-refractivity contribution >= 4 is 38.3 Å². The summed E-state index contributed by atoms with van der Waals surface area (Å²) in [5.74, 6) is 1.56. The lowest BCUT2D eigenvalue weighted by atomic mass is 10.1. The molecule has 3 aromatic rings. The Bertz CT molecular complexity index is 831. The zero-order chi connectivity index (χ0) is 15.7. The summed E-state index contributed by atoms with van der Waals surface area (Å²) in [5, 5.41) is 4.35. The zero-order valence-corrected chi connectivity index (χ0v) is 14.2. The molecule has 3 rings (SSSR count). The SMILES string of the molecule is COc1cc2ncnc(Nc3ccc(C)cc3)c2c(C)c1Br. The summed E-state index contributed by atoms with van der Waals surface area (Å²) in [4.78, 5) is 8.75. The Morgan fingerprint density at radius 1 is 1.09 bits per heavy atom. The number of benzene rings is 2. The van der Waals surface area contributed by atoms with Gasteiger partial charge in [-0.25, -0.2) is 9.97 Å². The molecule has 0 amide bonds. The summed E-state index contributed by atoms with van der Waals surface area (Å²) in [7, 11) is 1.65. The van der Waals surface area contributed by atoms with Crippen LogP contribution in [0.2, 0.25) is 0 Å². The number of fused-ring (bicyclic) bond motifs is 1. The van der Waals surface area contributed by atoms with E-state index in [2.05, 4.69) is 50.3 Å². The average Bonchev–Trinajstić information content (AvgIpc) is 2.53. The van der Waals surface area contributed by atoms with Gasteiger partial charge >= 0.3 is 0 Å². The highest BCUT2D eigenvalue weighted by Gasteiger charge is 2.13. The van der Waals surface area contributed by atoms with Gasteiger partial charge in [0.25, 0.3) is 0 Å². The summed E-state index contributed by atoms with van der Waals surface area (Å²) < 4.78 is 6.30. The van der Waals surface area contributed by atoms with Gasteiger partial charge < -0.3 is 10.1 Å². The maximum absolute atomic E-state index is 5.38. The first-order chi connectivity index (χ1) is 10.6. The van der Waals surface area contributed by atoms with E-state index in [1.54, 1.807) is 13.4 Å². The van der Waals surface area contributed by atoms with Gasteiger partial charge in [0, 0.05) is 17.1 Å². The Labute approximate surface area is 137 Å². The van der Waals surface area contributed by atoms with Gasteiger partial charge in [-0.05, 0) is 47.5 Å². The number of halogens is 1. The van der Waals surface area contributed by atoms with Crippen molar-refractivity contribution in [2.24, 2.45) is 0 Å². The molecule has 5 heteroatoms. The fourth-order valence-electron chi connectivity index (χ4n) is 2.38. The smallest absolute Gasteiger partial charge is 0.141 e. The normalized spacial score (nSPS) is 10.7. The number of hydrogen-bond acceptors (Lipinski definition) is 4. The van der Waals surface area contributed by atoms with Crippen molar-refractivity contribution in [3.05, 3.63) is 52.3 Å². The van der Waals surface area contributed by atoms with Crippen LogP contribution in [0, 0.1) is 13.8 Å². The van der Waals surface area contributed by atoms with E-state index in [9.17, 15) is 0 Å². The molecule has 0 spiro atoms. The topological polar surface area (TPSA) is 47.0 Å². The molecule has 0 atom stereocenters. The van der Waals surface area contributed by atoms with Crippen LogP contribution in [-0.4, -0.2) is 17.1 Å². The highest BCUT2D eigenvalue weighted by Crippen LogP contribution is 2.37. The fraction of sp³-hybridized carbons (Fsp3) is 0.176. The van der Waals surface area contributed by atoms with Crippen LogP contribution in [0.4, 0.5) is 11.5 Å². The van der Waals surface area contributed by atoms with Gasteiger partial charge in [0.15, 0.2) is 0 Å². The first-order valence-corrected chi connectivity index (χ1v) is 7.71. The standard InChI is InChI=1S/C17H16BrN3O/c1-10-4-6-12(7-5-10)21-17-15-11(2)16(18)14(22-3)8-13(15)19-9-20-17/h4-9H,1-3H3,(H,19,20,21).